The second-order valence-electron chi connectivity index (χ2n) is 3.99. The summed E-state index contributed by atoms with van der Waals surface area (Å²) in [6, 6.07) is 8.32. The van der Waals surface area contributed by atoms with Crippen molar-refractivity contribution in [2.75, 3.05) is 0 Å². The number of nitrogens with zero attached hydrogens (tertiary/aromatic N) is 3. The summed E-state index contributed by atoms with van der Waals surface area (Å²) in [4.78, 5) is 4.33. The summed E-state index contributed by atoms with van der Waals surface area (Å²) in [5.41, 5.74) is 1.91. The van der Waals surface area contributed by atoms with E-state index in [2.05, 4.69) is 10.1 Å². The first-order valence-electron chi connectivity index (χ1n) is 5.43. The molecule has 0 N–H and O–H groups in total. The van der Waals surface area contributed by atoms with E-state index < -0.39 is 5.82 Å². The van der Waals surface area contributed by atoms with Crippen LogP contribution in [0.2, 0.25) is 5.02 Å². The minimum Gasteiger partial charge on any atom is -0.220 e. The molecule has 0 saturated carbocycles. The minimum atomic E-state index is -0.420. The van der Waals surface area contributed by atoms with Crippen LogP contribution in [0.5, 0.6) is 0 Å². The predicted molar refractivity (Wildman–Crippen MR) is 68.1 cm³/mol. The molecule has 3 aromatic rings. The van der Waals surface area contributed by atoms with Gasteiger partial charge in [-0.3, -0.25) is 0 Å². The smallest absolute Gasteiger partial charge is 0.186 e. The topological polar surface area (TPSA) is 30.2 Å². The Morgan fingerprint density at radius 3 is 2.78 bits per heavy atom. The van der Waals surface area contributed by atoms with E-state index >= 15 is 0 Å². The van der Waals surface area contributed by atoms with Gasteiger partial charge in [-0.25, -0.2) is 13.9 Å². The maximum absolute atomic E-state index is 13.8. The van der Waals surface area contributed by atoms with Crippen LogP contribution in [0.25, 0.3) is 17.0 Å². The van der Waals surface area contributed by atoms with Crippen molar-refractivity contribution in [2.24, 2.45) is 0 Å². The first-order valence-corrected chi connectivity index (χ1v) is 5.81. The Morgan fingerprint density at radius 1 is 1.22 bits per heavy atom. The lowest BCUT2D eigenvalue weighted by Gasteiger charge is -1.99. The third-order valence-corrected chi connectivity index (χ3v) is 3.06. The van der Waals surface area contributed by atoms with Gasteiger partial charge in [-0.05, 0) is 30.7 Å². The van der Waals surface area contributed by atoms with Crippen molar-refractivity contribution in [1.29, 1.82) is 0 Å². The molecule has 2 aromatic heterocycles. The van der Waals surface area contributed by atoms with E-state index in [0.717, 1.165) is 5.56 Å². The lowest BCUT2D eigenvalue weighted by molar-refractivity contribution is 0.630. The van der Waals surface area contributed by atoms with Gasteiger partial charge >= 0.3 is 0 Å². The van der Waals surface area contributed by atoms with E-state index in [1.807, 2.05) is 19.1 Å². The fourth-order valence-electron chi connectivity index (χ4n) is 1.86. The average Bonchev–Trinajstić information content (AvgIpc) is 2.74. The van der Waals surface area contributed by atoms with Crippen molar-refractivity contribution in [1.82, 2.24) is 14.6 Å². The van der Waals surface area contributed by atoms with Crippen molar-refractivity contribution in [2.45, 2.75) is 6.92 Å². The molecule has 0 aliphatic heterocycles. The van der Waals surface area contributed by atoms with Crippen molar-refractivity contribution < 1.29 is 4.39 Å². The average molecular weight is 262 g/mol. The predicted octanol–water partition coefficient (Wildman–Crippen LogP) is 3.50. The van der Waals surface area contributed by atoms with Gasteiger partial charge in [0.2, 0.25) is 0 Å². The van der Waals surface area contributed by atoms with Gasteiger partial charge in [-0.15, -0.1) is 5.10 Å². The zero-order valence-electron chi connectivity index (χ0n) is 9.56. The van der Waals surface area contributed by atoms with Crippen LogP contribution in [0.4, 0.5) is 4.39 Å². The molecule has 90 valence electrons. The summed E-state index contributed by atoms with van der Waals surface area (Å²) in [5.74, 6) is -0.122. The van der Waals surface area contributed by atoms with Crippen LogP contribution in [-0.2, 0) is 0 Å². The quantitative estimate of drug-likeness (QED) is 0.671. The second kappa shape index (κ2) is 4.07. The summed E-state index contributed by atoms with van der Waals surface area (Å²) in [6.45, 7) is 1.93. The molecular weight excluding hydrogens is 253 g/mol. The number of benzene rings is 1. The second-order valence-corrected chi connectivity index (χ2v) is 4.40. The summed E-state index contributed by atoms with van der Waals surface area (Å²) < 4.78 is 15.4. The molecule has 0 amide bonds. The molecule has 0 aliphatic rings. The zero-order valence-corrected chi connectivity index (χ0v) is 10.3. The highest BCUT2D eigenvalue weighted by atomic mass is 35.5. The van der Waals surface area contributed by atoms with Crippen molar-refractivity contribution in [3.63, 3.8) is 0 Å². The van der Waals surface area contributed by atoms with Crippen LogP contribution in [0, 0.1) is 12.7 Å². The fourth-order valence-corrected chi connectivity index (χ4v) is 2.10. The molecule has 3 rings (SSSR count). The van der Waals surface area contributed by atoms with E-state index in [9.17, 15) is 4.39 Å². The Labute approximate surface area is 108 Å². The first-order chi connectivity index (χ1) is 8.66. The van der Waals surface area contributed by atoms with Gasteiger partial charge in [0.1, 0.15) is 5.82 Å². The van der Waals surface area contributed by atoms with Crippen LogP contribution < -0.4 is 0 Å². The Balaban J connectivity index is 2.30. The molecule has 18 heavy (non-hydrogen) atoms. The van der Waals surface area contributed by atoms with Gasteiger partial charge < -0.3 is 0 Å². The molecule has 5 heteroatoms. The SMILES string of the molecule is Cc1cccn2nc(-c3c(F)cccc3Cl)nc12. The first kappa shape index (κ1) is 11.2. The van der Waals surface area contributed by atoms with E-state index in [1.54, 1.807) is 22.8 Å². The van der Waals surface area contributed by atoms with Crippen molar-refractivity contribution in [3.05, 3.63) is 52.9 Å². The van der Waals surface area contributed by atoms with Gasteiger partial charge in [-0.1, -0.05) is 23.7 Å². The lowest BCUT2D eigenvalue weighted by Crippen LogP contribution is -1.89. The van der Waals surface area contributed by atoms with Crippen LogP contribution in [0.15, 0.2) is 36.5 Å². The number of halogens is 2. The number of aryl methyl sites for hydroxylation is 1. The van der Waals surface area contributed by atoms with Crippen LogP contribution >= 0.6 is 11.6 Å². The standard InChI is InChI=1S/C13H9ClFN3/c1-8-4-3-7-18-13(8)16-12(17-18)11-9(14)5-2-6-10(11)15/h2-7H,1H3. The van der Waals surface area contributed by atoms with E-state index in [4.69, 9.17) is 11.6 Å². The molecule has 0 aliphatic carbocycles. The molecule has 1 aromatic carbocycles. The lowest BCUT2D eigenvalue weighted by atomic mass is 10.2. The summed E-state index contributed by atoms with van der Waals surface area (Å²) in [5, 5.41) is 4.56. The molecular formula is C13H9ClFN3. The molecule has 0 unspecified atom stereocenters. The Kier molecular flexibility index (Phi) is 2.52. The Bertz CT molecular complexity index is 716. The summed E-state index contributed by atoms with van der Waals surface area (Å²) in [6.07, 6.45) is 1.77. The highest BCUT2D eigenvalue weighted by Gasteiger charge is 2.15. The van der Waals surface area contributed by atoms with Crippen LogP contribution in [0.1, 0.15) is 5.56 Å². The zero-order chi connectivity index (χ0) is 12.7. The van der Waals surface area contributed by atoms with Gasteiger partial charge in [0, 0.05) is 6.20 Å². The number of aromatic nitrogens is 3. The molecule has 0 spiro atoms. The van der Waals surface area contributed by atoms with E-state index in [1.165, 1.54) is 6.07 Å². The van der Waals surface area contributed by atoms with Crippen molar-refractivity contribution in [3.8, 4) is 11.4 Å². The molecule has 0 saturated heterocycles. The number of pyridine rings is 1. The highest BCUT2D eigenvalue weighted by molar-refractivity contribution is 6.33. The van der Waals surface area contributed by atoms with Gasteiger partial charge in [0.25, 0.3) is 0 Å². The third-order valence-electron chi connectivity index (χ3n) is 2.74. The molecule has 0 radical (unpaired) electrons. The van der Waals surface area contributed by atoms with Gasteiger partial charge in [0.15, 0.2) is 11.5 Å². The number of hydrogen-bond acceptors (Lipinski definition) is 2. The van der Waals surface area contributed by atoms with E-state index in [0.29, 0.717) is 16.5 Å². The van der Waals surface area contributed by atoms with Gasteiger partial charge in [0.05, 0.1) is 10.6 Å². The molecule has 0 atom stereocenters. The molecule has 0 bridgehead atoms. The van der Waals surface area contributed by atoms with E-state index in [-0.39, 0.29) is 5.56 Å². The summed E-state index contributed by atoms with van der Waals surface area (Å²) in [7, 11) is 0. The molecule has 2 heterocycles. The number of rotatable bonds is 1. The highest BCUT2D eigenvalue weighted by Crippen LogP contribution is 2.28. The number of hydrogen-bond donors (Lipinski definition) is 0. The van der Waals surface area contributed by atoms with Crippen molar-refractivity contribution >= 4 is 17.2 Å². The largest absolute Gasteiger partial charge is 0.220 e. The number of fused-ring (bicyclic) bond motifs is 1. The summed E-state index contributed by atoms with van der Waals surface area (Å²) >= 11 is 6.00. The third kappa shape index (κ3) is 1.66. The maximum atomic E-state index is 13.8. The normalized spacial score (nSPS) is 11.1. The van der Waals surface area contributed by atoms with Gasteiger partial charge in [-0.2, -0.15) is 0 Å². The fraction of sp³-hybridized carbons (Fsp3) is 0.0769. The van der Waals surface area contributed by atoms with Crippen LogP contribution in [0.3, 0.4) is 0 Å². The Hall–Kier alpha value is -1.94. The Morgan fingerprint density at radius 2 is 2.06 bits per heavy atom. The monoisotopic (exact) mass is 261 g/mol. The van der Waals surface area contributed by atoms with Crippen LogP contribution in [-0.4, -0.2) is 14.6 Å². The molecule has 0 fully saturated rings. The maximum Gasteiger partial charge on any atom is 0.186 e. The minimum absolute atomic E-state index is 0.238. The molecule has 3 nitrogen and oxygen atoms in total.